The fraction of sp³-hybridized carbons (Fsp3) is 0.350. The molecule has 0 saturated carbocycles. The fourth-order valence-corrected chi connectivity index (χ4v) is 3.07. The lowest BCUT2D eigenvalue weighted by Gasteiger charge is -2.27. The van der Waals surface area contributed by atoms with Gasteiger partial charge in [0.1, 0.15) is 22.9 Å². The van der Waals surface area contributed by atoms with Crippen molar-refractivity contribution >= 4 is 11.5 Å². The van der Waals surface area contributed by atoms with Crippen LogP contribution in [0.5, 0.6) is 17.2 Å². The molecule has 1 aromatic heterocycles. The SMILES string of the molecule is COc1cc(OC)c(C2=CCN(C(=O)c3cnc(C)cn3)CC2)c(OC)c1. The van der Waals surface area contributed by atoms with E-state index in [1.54, 1.807) is 32.4 Å². The molecule has 0 fully saturated rings. The lowest BCUT2D eigenvalue weighted by molar-refractivity contribution is 0.0766. The smallest absolute Gasteiger partial charge is 0.274 e. The average molecular weight is 369 g/mol. The van der Waals surface area contributed by atoms with Gasteiger partial charge in [-0.05, 0) is 18.9 Å². The van der Waals surface area contributed by atoms with Gasteiger partial charge in [0.2, 0.25) is 0 Å². The molecule has 0 spiro atoms. The highest BCUT2D eigenvalue weighted by atomic mass is 16.5. The van der Waals surface area contributed by atoms with E-state index < -0.39 is 0 Å². The number of hydrogen-bond acceptors (Lipinski definition) is 6. The topological polar surface area (TPSA) is 73.8 Å². The first-order valence-electron chi connectivity index (χ1n) is 8.64. The van der Waals surface area contributed by atoms with Crippen molar-refractivity contribution in [3.05, 3.63) is 47.6 Å². The zero-order valence-corrected chi connectivity index (χ0v) is 16.0. The van der Waals surface area contributed by atoms with Gasteiger partial charge in [-0.25, -0.2) is 4.98 Å². The Morgan fingerprint density at radius 2 is 1.74 bits per heavy atom. The third-order valence-electron chi connectivity index (χ3n) is 4.53. The lowest BCUT2D eigenvalue weighted by Crippen LogP contribution is -2.35. The van der Waals surface area contributed by atoms with Crippen LogP contribution in [0.3, 0.4) is 0 Å². The molecule has 1 amide bonds. The molecule has 0 atom stereocenters. The molecule has 3 rings (SSSR count). The summed E-state index contributed by atoms with van der Waals surface area (Å²) < 4.78 is 16.4. The molecule has 0 aliphatic carbocycles. The molecular weight excluding hydrogens is 346 g/mol. The van der Waals surface area contributed by atoms with Crippen LogP contribution in [-0.4, -0.2) is 55.2 Å². The summed E-state index contributed by atoms with van der Waals surface area (Å²) >= 11 is 0. The van der Waals surface area contributed by atoms with Gasteiger partial charge in [0.25, 0.3) is 5.91 Å². The molecular formula is C20H23N3O4. The molecule has 7 heteroatoms. The van der Waals surface area contributed by atoms with Crippen molar-refractivity contribution in [2.45, 2.75) is 13.3 Å². The van der Waals surface area contributed by atoms with Crippen LogP contribution >= 0.6 is 0 Å². The lowest BCUT2D eigenvalue weighted by atomic mass is 9.97. The van der Waals surface area contributed by atoms with Gasteiger partial charge in [-0.2, -0.15) is 0 Å². The number of aryl methyl sites for hydroxylation is 1. The van der Waals surface area contributed by atoms with Crippen molar-refractivity contribution in [2.24, 2.45) is 0 Å². The van der Waals surface area contributed by atoms with Crippen molar-refractivity contribution in [2.75, 3.05) is 34.4 Å². The Morgan fingerprint density at radius 1 is 1.04 bits per heavy atom. The fourth-order valence-electron chi connectivity index (χ4n) is 3.07. The van der Waals surface area contributed by atoms with Gasteiger partial charge in [-0.3, -0.25) is 9.78 Å². The third-order valence-corrected chi connectivity index (χ3v) is 4.53. The largest absolute Gasteiger partial charge is 0.496 e. The molecule has 0 N–H and O–H groups in total. The van der Waals surface area contributed by atoms with E-state index in [0.29, 0.717) is 42.5 Å². The van der Waals surface area contributed by atoms with Gasteiger partial charge in [-0.1, -0.05) is 6.08 Å². The quantitative estimate of drug-likeness (QED) is 0.807. The monoisotopic (exact) mass is 369 g/mol. The minimum absolute atomic E-state index is 0.119. The van der Waals surface area contributed by atoms with E-state index in [4.69, 9.17) is 14.2 Å². The van der Waals surface area contributed by atoms with Crippen molar-refractivity contribution in [1.82, 2.24) is 14.9 Å². The molecule has 1 aliphatic heterocycles. The van der Waals surface area contributed by atoms with Crippen LogP contribution in [-0.2, 0) is 0 Å². The highest BCUT2D eigenvalue weighted by Crippen LogP contribution is 2.40. The summed E-state index contributed by atoms with van der Waals surface area (Å²) in [5.41, 5.74) is 3.11. The van der Waals surface area contributed by atoms with Gasteiger partial charge in [0, 0.05) is 31.4 Å². The van der Waals surface area contributed by atoms with Crippen LogP contribution in [0.15, 0.2) is 30.6 Å². The van der Waals surface area contributed by atoms with Gasteiger partial charge < -0.3 is 19.1 Å². The van der Waals surface area contributed by atoms with E-state index in [1.165, 1.54) is 6.20 Å². The first kappa shape index (κ1) is 18.7. The summed E-state index contributed by atoms with van der Waals surface area (Å²) in [5, 5.41) is 0. The highest BCUT2D eigenvalue weighted by molar-refractivity contribution is 5.92. The number of rotatable bonds is 5. The number of aromatic nitrogens is 2. The summed E-state index contributed by atoms with van der Waals surface area (Å²) in [7, 11) is 4.84. The minimum atomic E-state index is -0.119. The summed E-state index contributed by atoms with van der Waals surface area (Å²) in [5.74, 6) is 1.91. The van der Waals surface area contributed by atoms with E-state index in [9.17, 15) is 4.79 Å². The normalized spacial score (nSPS) is 13.8. The van der Waals surface area contributed by atoms with Crippen molar-refractivity contribution in [3.8, 4) is 17.2 Å². The molecule has 0 radical (unpaired) electrons. The van der Waals surface area contributed by atoms with Crippen LogP contribution in [0.4, 0.5) is 0 Å². The Kier molecular flexibility index (Phi) is 5.59. The third kappa shape index (κ3) is 3.86. The minimum Gasteiger partial charge on any atom is -0.496 e. The highest BCUT2D eigenvalue weighted by Gasteiger charge is 2.24. The molecule has 2 heterocycles. The van der Waals surface area contributed by atoms with Crippen molar-refractivity contribution < 1.29 is 19.0 Å². The number of benzene rings is 1. The molecule has 2 aromatic rings. The van der Waals surface area contributed by atoms with Gasteiger partial charge in [-0.15, -0.1) is 0 Å². The zero-order valence-electron chi connectivity index (χ0n) is 16.0. The van der Waals surface area contributed by atoms with Crippen LogP contribution in [0.2, 0.25) is 0 Å². The van der Waals surface area contributed by atoms with Crippen LogP contribution in [0, 0.1) is 6.92 Å². The maximum Gasteiger partial charge on any atom is 0.274 e. The van der Waals surface area contributed by atoms with Crippen molar-refractivity contribution in [1.29, 1.82) is 0 Å². The van der Waals surface area contributed by atoms with E-state index in [0.717, 1.165) is 16.8 Å². The number of nitrogens with zero attached hydrogens (tertiary/aromatic N) is 3. The second-order valence-corrected chi connectivity index (χ2v) is 6.18. The van der Waals surface area contributed by atoms with E-state index in [2.05, 4.69) is 9.97 Å². The average Bonchev–Trinajstić information content (AvgIpc) is 2.72. The molecule has 7 nitrogen and oxygen atoms in total. The summed E-state index contributed by atoms with van der Waals surface area (Å²) in [4.78, 5) is 22.7. The maximum atomic E-state index is 12.6. The summed E-state index contributed by atoms with van der Waals surface area (Å²) in [6.07, 6.45) is 5.83. The van der Waals surface area contributed by atoms with E-state index in [1.807, 2.05) is 25.1 Å². The van der Waals surface area contributed by atoms with Crippen LogP contribution < -0.4 is 14.2 Å². The number of hydrogen-bond donors (Lipinski definition) is 0. The van der Waals surface area contributed by atoms with Crippen molar-refractivity contribution in [3.63, 3.8) is 0 Å². The van der Waals surface area contributed by atoms with E-state index >= 15 is 0 Å². The van der Waals surface area contributed by atoms with Gasteiger partial charge >= 0.3 is 0 Å². The molecule has 27 heavy (non-hydrogen) atoms. The van der Waals surface area contributed by atoms with Gasteiger partial charge in [0.15, 0.2) is 0 Å². The standard InChI is InChI=1S/C20H23N3O4/c1-13-11-22-16(12-21-13)20(24)23-7-5-14(6-8-23)19-17(26-3)9-15(25-2)10-18(19)27-4/h5,9-12H,6-8H2,1-4H3. The number of amides is 1. The number of carbonyl (C=O) groups excluding carboxylic acids is 1. The van der Waals surface area contributed by atoms with Crippen LogP contribution in [0.25, 0.3) is 5.57 Å². The Labute approximate surface area is 158 Å². The van der Waals surface area contributed by atoms with Crippen LogP contribution in [0.1, 0.15) is 28.2 Å². The predicted octanol–water partition coefficient (Wildman–Crippen LogP) is 2.74. The second kappa shape index (κ2) is 8.07. The number of carbonyl (C=O) groups is 1. The first-order chi connectivity index (χ1) is 13.1. The molecule has 0 unspecified atom stereocenters. The van der Waals surface area contributed by atoms with Gasteiger partial charge in [0.05, 0.1) is 38.8 Å². The molecule has 1 aromatic carbocycles. The molecule has 0 bridgehead atoms. The predicted molar refractivity (Wildman–Crippen MR) is 101 cm³/mol. The Hall–Kier alpha value is -3.09. The molecule has 1 aliphatic rings. The Morgan fingerprint density at radius 3 is 2.22 bits per heavy atom. The summed E-state index contributed by atoms with van der Waals surface area (Å²) in [6, 6.07) is 3.66. The first-order valence-corrected chi connectivity index (χ1v) is 8.64. The maximum absolute atomic E-state index is 12.6. The second-order valence-electron chi connectivity index (χ2n) is 6.18. The number of ether oxygens (including phenoxy) is 3. The molecule has 142 valence electrons. The molecule has 0 saturated heterocycles. The summed E-state index contributed by atoms with van der Waals surface area (Å²) in [6.45, 7) is 2.91. The van der Waals surface area contributed by atoms with E-state index in [-0.39, 0.29) is 5.91 Å². The Balaban J connectivity index is 1.85. The number of methoxy groups -OCH3 is 3. The zero-order chi connectivity index (χ0) is 19.4. The Bertz CT molecular complexity index is 837.